The van der Waals surface area contributed by atoms with Crippen LogP contribution in [-0.4, -0.2) is 39.7 Å². The molecule has 0 aliphatic carbocycles. The highest BCUT2D eigenvalue weighted by atomic mass is 32.2. The van der Waals surface area contributed by atoms with E-state index in [1.165, 1.54) is 0 Å². The number of nitrogens with one attached hydrogen (secondary N) is 1. The largest absolute Gasteiger partial charge is 0.493 e. The molecule has 2 heterocycles. The molecule has 0 saturated heterocycles. The minimum atomic E-state index is -0.505. The summed E-state index contributed by atoms with van der Waals surface area (Å²) in [6.07, 6.45) is 3.46. The normalized spacial score (nSPS) is 15.4. The van der Waals surface area contributed by atoms with Crippen molar-refractivity contribution >= 4 is 23.7 Å². The quantitative estimate of drug-likeness (QED) is 0.337. The van der Waals surface area contributed by atoms with Crippen molar-refractivity contribution < 1.29 is 14.3 Å². The fourth-order valence-corrected chi connectivity index (χ4v) is 3.88. The molecular formula is C22H28N4O3S. The van der Waals surface area contributed by atoms with Crippen LogP contribution in [0.2, 0.25) is 0 Å². The highest BCUT2D eigenvalue weighted by Crippen LogP contribution is 2.40. The Morgan fingerprint density at radius 3 is 2.87 bits per heavy atom. The molecule has 2 aromatic rings. The first-order valence-electron chi connectivity index (χ1n) is 10.2. The number of nitrogens with zero attached hydrogens (tertiary/aromatic N) is 3. The van der Waals surface area contributed by atoms with Gasteiger partial charge < -0.3 is 14.8 Å². The van der Waals surface area contributed by atoms with E-state index in [0.29, 0.717) is 29.0 Å². The molecule has 0 saturated carbocycles. The van der Waals surface area contributed by atoms with E-state index in [1.54, 1.807) is 22.5 Å². The van der Waals surface area contributed by atoms with Gasteiger partial charge in [0.1, 0.15) is 18.4 Å². The van der Waals surface area contributed by atoms with Gasteiger partial charge in [0, 0.05) is 17.0 Å². The first-order valence-corrected chi connectivity index (χ1v) is 11.2. The molecule has 0 fully saturated rings. The van der Waals surface area contributed by atoms with Crippen LogP contribution < -0.4 is 10.1 Å². The minimum absolute atomic E-state index is 0.137. The third-order valence-corrected chi connectivity index (χ3v) is 5.54. The predicted molar refractivity (Wildman–Crippen MR) is 119 cm³/mol. The van der Waals surface area contributed by atoms with Gasteiger partial charge in [-0.25, -0.2) is 9.48 Å². The maximum absolute atomic E-state index is 13.0. The summed E-state index contributed by atoms with van der Waals surface area (Å²) in [4.78, 5) is 17.6. The standard InChI is InChI=1S/C22H28N4O3S/c1-5-12-28-17-11-9-8-10-16(17)19-18(20(27)29-13-6-2)15(4)23-21-24-22(25-26(19)21)30-14-7-3/h6,8-11,19H,2,5,7,12-14H2,1,3-4H3,(H,23,24,25). The smallest absolute Gasteiger partial charge is 0.338 e. The molecule has 1 unspecified atom stereocenters. The molecule has 1 atom stereocenters. The van der Waals surface area contributed by atoms with Crippen molar-refractivity contribution in [1.82, 2.24) is 14.8 Å². The number of fused-ring (bicyclic) bond motifs is 1. The van der Waals surface area contributed by atoms with Crippen LogP contribution in [0.5, 0.6) is 5.75 Å². The fraction of sp³-hybridized carbons (Fsp3) is 0.409. The Hall–Kier alpha value is -2.74. The number of hydrogen-bond acceptors (Lipinski definition) is 7. The lowest BCUT2D eigenvalue weighted by atomic mass is 9.95. The zero-order valence-corrected chi connectivity index (χ0v) is 18.5. The SMILES string of the molecule is C=CCOC(=O)C1=C(C)Nc2nc(SCCC)nn2C1c1ccccc1OCCC. The first-order chi connectivity index (χ1) is 14.6. The third kappa shape index (κ3) is 4.70. The van der Waals surface area contributed by atoms with Gasteiger partial charge in [0.15, 0.2) is 0 Å². The lowest BCUT2D eigenvalue weighted by Crippen LogP contribution is -2.30. The van der Waals surface area contributed by atoms with E-state index in [1.807, 2.05) is 31.2 Å². The van der Waals surface area contributed by atoms with Crippen LogP contribution in [0.25, 0.3) is 0 Å². The Morgan fingerprint density at radius 2 is 2.13 bits per heavy atom. The Morgan fingerprint density at radius 1 is 1.33 bits per heavy atom. The summed E-state index contributed by atoms with van der Waals surface area (Å²) in [6.45, 7) is 10.4. The van der Waals surface area contributed by atoms with Crippen LogP contribution in [-0.2, 0) is 9.53 Å². The van der Waals surface area contributed by atoms with Crippen molar-refractivity contribution in [3.05, 3.63) is 53.8 Å². The van der Waals surface area contributed by atoms with Crippen molar-refractivity contribution in [1.29, 1.82) is 0 Å². The molecule has 1 aliphatic heterocycles. The number of allylic oxidation sites excluding steroid dienone is 1. The van der Waals surface area contributed by atoms with Crippen LogP contribution in [0.1, 0.15) is 45.2 Å². The van der Waals surface area contributed by atoms with Gasteiger partial charge in [-0.3, -0.25) is 0 Å². The molecule has 0 bridgehead atoms. The third-order valence-electron chi connectivity index (χ3n) is 4.50. The lowest BCUT2D eigenvalue weighted by molar-refractivity contribution is -0.138. The van der Waals surface area contributed by atoms with Crippen LogP contribution in [0.4, 0.5) is 5.95 Å². The van der Waals surface area contributed by atoms with Crippen molar-refractivity contribution in [2.24, 2.45) is 0 Å². The zero-order valence-electron chi connectivity index (χ0n) is 17.7. The lowest BCUT2D eigenvalue weighted by Gasteiger charge is -2.29. The van der Waals surface area contributed by atoms with E-state index in [-0.39, 0.29) is 6.61 Å². The average molecular weight is 429 g/mol. The van der Waals surface area contributed by atoms with Gasteiger partial charge in [-0.1, -0.05) is 56.5 Å². The Labute approximate surface area is 181 Å². The number of para-hydroxylation sites is 1. The van der Waals surface area contributed by atoms with E-state index in [9.17, 15) is 4.79 Å². The van der Waals surface area contributed by atoms with Crippen LogP contribution in [0.3, 0.4) is 0 Å². The van der Waals surface area contributed by atoms with Crippen molar-refractivity contribution in [2.75, 3.05) is 24.3 Å². The molecule has 8 heteroatoms. The number of carbonyl (C=O) groups is 1. The molecule has 7 nitrogen and oxygen atoms in total. The topological polar surface area (TPSA) is 78.3 Å². The average Bonchev–Trinajstić information content (AvgIpc) is 3.16. The summed E-state index contributed by atoms with van der Waals surface area (Å²) < 4.78 is 13.1. The van der Waals surface area contributed by atoms with Gasteiger partial charge in [-0.15, -0.1) is 5.10 Å². The summed E-state index contributed by atoms with van der Waals surface area (Å²) in [6, 6.07) is 7.22. The number of anilines is 1. The molecule has 1 aromatic heterocycles. The van der Waals surface area contributed by atoms with E-state index < -0.39 is 12.0 Å². The van der Waals surface area contributed by atoms with Gasteiger partial charge in [-0.05, 0) is 25.8 Å². The second kappa shape index (κ2) is 10.3. The molecule has 0 radical (unpaired) electrons. The molecule has 1 aliphatic rings. The van der Waals surface area contributed by atoms with Crippen molar-refractivity contribution in [3.63, 3.8) is 0 Å². The highest BCUT2D eigenvalue weighted by molar-refractivity contribution is 7.99. The van der Waals surface area contributed by atoms with Crippen LogP contribution in [0.15, 0.2) is 53.3 Å². The van der Waals surface area contributed by atoms with E-state index >= 15 is 0 Å². The van der Waals surface area contributed by atoms with E-state index in [2.05, 4.69) is 30.7 Å². The Bertz CT molecular complexity index is 938. The first kappa shape index (κ1) is 22.0. The monoisotopic (exact) mass is 428 g/mol. The van der Waals surface area contributed by atoms with Gasteiger partial charge in [-0.2, -0.15) is 4.98 Å². The zero-order chi connectivity index (χ0) is 21.5. The molecule has 30 heavy (non-hydrogen) atoms. The maximum atomic E-state index is 13.0. The number of hydrogen-bond donors (Lipinski definition) is 1. The molecule has 1 N–H and O–H groups in total. The molecule has 1 aromatic carbocycles. The number of thioether (sulfide) groups is 1. The summed E-state index contributed by atoms with van der Waals surface area (Å²) in [5.74, 6) is 1.82. The number of carbonyl (C=O) groups excluding carboxylic acids is 1. The number of aromatic nitrogens is 3. The number of rotatable bonds is 10. The number of esters is 1. The fourth-order valence-electron chi connectivity index (χ4n) is 3.20. The molecule has 0 spiro atoms. The summed E-state index contributed by atoms with van der Waals surface area (Å²) in [5, 5.41) is 8.59. The Kier molecular flexibility index (Phi) is 7.57. The Balaban J connectivity index is 2.10. The van der Waals surface area contributed by atoms with E-state index in [0.717, 1.165) is 29.9 Å². The predicted octanol–water partition coefficient (Wildman–Crippen LogP) is 4.59. The summed E-state index contributed by atoms with van der Waals surface area (Å²) in [5.41, 5.74) is 2.01. The number of ether oxygens (including phenoxy) is 2. The van der Waals surface area contributed by atoms with Gasteiger partial charge in [0.2, 0.25) is 11.1 Å². The van der Waals surface area contributed by atoms with E-state index in [4.69, 9.17) is 14.6 Å². The van der Waals surface area contributed by atoms with Crippen molar-refractivity contribution in [3.8, 4) is 5.75 Å². The second-order valence-electron chi connectivity index (χ2n) is 6.85. The van der Waals surface area contributed by atoms with Crippen LogP contribution >= 0.6 is 11.8 Å². The summed E-state index contributed by atoms with van der Waals surface area (Å²) in [7, 11) is 0. The van der Waals surface area contributed by atoms with Crippen LogP contribution in [0, 0.1) is 0 Å². The molecule has 160 valence electrons. The number of benzene rings is 1. The van der Waals surface area contributed by atoms with Gasteiger partial charge >= 0.3 is 5.97 Å². The van der Waals surface area contributed by atoms with Gasteiger partial charge in [0.05, 0.1) is 12.2 Å². The second-order valence-corrected chi connectivity index (χ2v) is 7.91. The highest BCUT2D eigenvalue weighted by Gasteiger charge is 2.36. The molecule has 0 amide bonds. The molecule has 3 rings (SSSR count). The van der Waals surface area contributed by atoms with Crippen molar-refractivity contribution in [2.45, 2.75) is 44.8 Å². The van der Waals surface area contributed by atoms with Gasteiger partial charge in [0.25, 0.3) is 0 Å². The molecular weight excluding hydrogens is 400 g/mol. The summed E-state index contributed by atoms with van der Waals surface area (Å²) >= 11 is 1.59. The minimum Gasteiger partial charge on any atom is -0.493 e. The maximum Gasteiger partial charge on any atom is 0.338 e.